The lowest BCUT2D eigenvalue weighted by Crippen LogP contribution is -2.40. The molecule has 94 valence electrons. The highest BCUT2D eigenvalue weighted by atomic mass is 79.9. The van der Waals surface area contributed by atoms with Crippen LogP contribution < -0.4 is 11.1 Å². The summed E-state index contributed by atoms with van der Waals surface area (Å²) in [5, 5.41) is 2.67. The summed E-state index contributed by atoms with van der Waals surface area (Å²) in [6, 6.07) is 3.53. The van der Waals surface area contributed by atoms with E-state index in [0.29, 0.717) is 10.2 Å². The van der Waals surface area contributed by atoms with E-state index in [0.717, 1.165) is 6.42 Å². The van der Waals surface area contributed by atoms with Crippen LogP contribution in [0.25, 0.3) is 0 Å². The summed E-state index contributed by atoms with van der Waals surface area (Å²) >= 11 is 3.18. The predicted octanol–water partition coefficient (Wildman–Crippen LogP) is 2.90. The van der Waals surface area contributed by atoms with Crippen LogP contribution in [0.5, 0.6) is 0 Å². The minimum absolute atomic E-state index is 0.106. The molecule has 0 radical (unpaired) electrons. The molecule has 0 aliphatic rings. The molecule has 1 aromatic carbocycles. The Kier molecular flexibility index (Phi) is 5.08. The summed E-state index contributed by atoms with van der Waals surface area (Å²) < 4.78 is 13.4. The molecule has 5 heteroatoms. The van der Waals surface area contributed by atoms with Gasteiger partial charge in [-0.05, 0) is 40.0 Å². The minimum atomic E-state index is -0.558. The number of nitrogens with one attached hydrogen (secondary N) is 1. The number of hydrogen-bond acceptors (Lipinski definition) is 2. The number of nitrogens with two attached hydrogens (primary N) is 1. The Bertz CT molecular complexity index is 411. The molecule has 0 saturated carbocycles. The summed E-state index contributed by atoms with van der Waals surface area (Å²) in [6.45, 7) is 3.90. The maximum Gasteiger partial charge on any atom is 0.241 e. The predicted molar refractivity (Wildman–Crippen MR) is 70.2 cm³/mol. The van der Waals surface area contributed by atoms with Crippen LogP contribution in [0.15, 0.2) is 22.7 Å². The Balaban J connectivity index is 2.74. The van der Waals surface area contributed by atoms with Gasteiger partial charge in [0.25, 0.3) is 0 Å². The molecule has 1 amide bonds. The third kappa shape index (κ3) is 3.78. The smallest absolute Gasteiger partial charge is 0.241 e. The molecule has 0 aromatic heterocycles. The zero-order chi connectivity index (χ0) is 13.0. The van der Waals surface area contributed by atoms with Crippen molar-refractivity contribution in [1.82, 2.24) is 0 Å². The number of halogens is 2. The molecule has 0 aliphatic carbocycles. The lowest BCUT2D eigenvalue weighted by molar-refractivity contribution is -0.118. The topological polar surface area (TPSA) is 55.1 Å². The number of anilines is 1. The van der Waals surface area contributed by atoms with Gasteiger partial charge in [0.1, 0.15) is 5.82 Å². The fourth-order valence-corrected chi connectivity index (χ4v) is 1.77. The highest BCUT2D eigenvalue weighted by Crippen LogP contribution is 2.23. The SMILES string of the molecule is CC[C@H](C)[C@H](N)C(=O)Nc1ccc(F)cc1Br. The molecule has 0 spiro atoms. The molecule has 0 bridgehead atoms. The maximum atomic E-state index is 12.9. The molecule has 0 heterocycles. The van der Waals surface area contributed by atoms with Gasteiger partial charge in [-0.1, -0.05) is 20.3 Å². The van der Waals surface area contributed by atoms with Gasteiger partial charge in [0.2, 0.25) is 5.91 Å². The Morgan fingerprint density at radius 1 is 1.59 bits per heavy atom. The summed E-state index contributed by atoms with van der Waals surface area (Å²) in [4.78, 5) is 11.8. The van der Waals surface area contributed by atoms with E-state index in [4.69, 9.17) is 5.73 Å². The zero-order valence-corrected chi connectivity index (χ0v) is 11.4. The normalized spacial score (nSPS) is 14.2. The highest BCUT2D eigenvalue weighted by molar-refractivity contribution is 9.10. The van der Waals surface area contributed by atoms with Crippen LogP contribution >= 0.6 is 15.9 Å². The van der Waals surface area contributed by atoms with E-state index in [1.807, 2.05) is 13.8 Å². The molecular formula is C12H16BrFN2O. The third-order valence-electron chi connectivity index (χ3n) is 2.75. The van der Waals surface area contributed by atoms with E-state index < -0.39 is 6.04 Å². The van der Waals surface area contributed by atoms with Crippen molar-refractivity contribution in [2.24, 2.45) is 11.7 Å². The van der Waals surface area contributed by atoms with Crippen LogP contribution in [-0.4, -0.2) is 11.9 Å². The van der Waals surface area contributed by atoms with E-state index in [1.165, 1.54) is 18.2 Å². The number of rotatable bonds is 4. The molecule has 3 nitrogen and oxygen atoms in total. The molecule has 0 fully saturated rings. The van der Waals surface area contributed by atoms with Crippen molar-refractivity contribution in [2.45, 2.75) is 26.3 Å². The average Bonchev–Trinajstić information content (AvgIpc) is 2.30. The Hall–Kier alpha value is -0.940. The molecule has 0 unspecified atom stereocenters. The van der Waals surface area contributed by atoms with Gasteiger partial charge < -0.3 is 11.1 Å². The Morgan fingerprint density at radius 2 is 2.24 bits per heavy atom. The minimum Gasteiger partial charge on any atom is -0.324 e. The molecule has 2 atom stereocenters. The van der Waals surface area contributed by atoms with Crippen LogP contribution in [0.4, 0.5) is 10.1 Å². The molecule has 17 heavy (non-hydrogen) atoms. The second-order valence-electron chi connectivity index (χ2n) is 4.02. The number of hydrogen-bond donors (Lipinski definition) is 2. The van der Waals surface area contributed by atoms with Crippen molar-refractivity contribution in [3.05, 3.63) is 28.5 Å². The summed E-state index contributed by atoms with van der Waals surface area (Å²) in [5.41, 5.74) is 6.32. The van der Waals surface area contributed by atoms with E-state index in [2.05, 4.69) is 21.2 Å². The lowest BCUT2D eigenvalue weighted by atomic mass is 9.99. The third-order valence-corrected chi connectivity index (χ3v) is 3.40. The highest BCUT2D eigenvalue weighted by Gasteiger charge is 2.20. The maximum absolute atomic E-state index is 12.9. The van der Waals surface area contributed by atoms with Gasteiger partial charge in [-0.2, -0.15) is 0 Å². The first-order chi connectivity index (χ1) is 7.95. The first-order valence-electron chi connectivity index (χ1n) is 5.47. The monoisotopic (exact) mass is 302 g/mol. The molecule has 0 saturated heterocycles. The van der Waals surface area contributed by atoms with Gasteiger partial charge in [-0.25, -0.2) is 4.39 Å². The van der Waals surface area contributed by atoms with Gasteiger partial charge in [-0.15, -0.1) is 0 Å². The van der Waals surface area contributed by atoms with E-state index in [-0.39, 0.29) is 17.6 Å². The van der Waals surface area contributed by atoms with Crippen molar-refractivity contribution < 1.29 is 9.18 Å². The van der Waals surface area contributed by atoms with E-state index in [9.17, 15) is 9.18 Å². The van der Waals surface area contributed by atoms with Gasteiger partial charge in [-0.3, -0.25) is 4.79 Å². The number of benzene rings is 1. The fourth-order valence-electron chi connectivity index (χ4n) is 1.32. The first-order valence-corrected chi connectivity index (χ1v) is 6.26. The van der Waals surface area contributed by atoms with Crippen LogP contribution in [0.1, 0.15) is 20.3 Å². The molecular weight excluding hydrogens is 287 g/mol. The van der Waals surface area contributed by atoms with Gasteiger partial charge in [0.15, 0.2) is 0 Å². The average molecular weight is 303 g/mol. The van der Waals surface area contributed by atoms with Gasteiger partial charge in [0.05, 0.1) is 11.7 Å². The van der Waals surface area contributed by atoms with Crippen molar-refractivity contribution >= 4 is 27.5 Å². The Morgan fingerprint density at radius 3 is 2.76 bits per heavy atom. The van der Waals surface area contributed by atoms with Crippen molar-refractivity contribution in [2.75, 3.05) is 5.32 Å². The number of amides is 1. The summed E-state index contributed by atoms with van der Waals surface area (Å²) in [6.07, 6.45) is 0.833. The second kappa shape index (κ2) is 6.12. The summed E-state index contributed by atoms with van der Waals surface area (Å²) in [5.74, 6) is -0.512. The Labute approximate surface area is 109 Å². The largest absolute Gasteiger partial charge is 0.324 e. The van der Waals surface area contributed by atoms with E-state index >= 15 is 0 Å². The van der Waals surface area contributed by atoms with Crippen LogP contribution in [-0.2, 0) is 4.79 Å². The molecule has 1 rings (SSSR count). The zero-order valence-electron chi connectivity index (χ0n) is 9.84. The van der Waals surface area contributed by atoms with Gasteiger partial charge in [0, 0.05) is 4.47 Å². The second-order valence-corrected chi connectivity index (χ2v) is 4.88. The number of carbonyl (C=O) groups is 1. The van der Waals surface area contributed by atoms with E-state index in [1.54, 1.807) is 0 Å². The summed E-state index contributed by atoms with van der Waals surface area (Å²) in [7, 11) is 0. The molecule has 0 aliphatic heterocycles. The van der Waals surface area contributed by atoms with Crippen LogP contribution in [0, 0.1) is 11.7 Å². The standard InChI is InChI=1S/C12H16BrFN2O/c1-3-7(2)11(15)12(17)16-10-5-4-8(14)6-9(10)13/h4-7,11H,3,15H2,1-2H3,(H,16,17)/t7-,11-/m0/s1. The lowest BCUT2D eigenvalue weighted by Gasteiger charge is -2.18. The van der Waals surface area contributed by atoms with Crippen molar-refractivity contribution in [3.63, 3.8) is 0 Å². The molecule has 1 aromatic rings. The number of carbonyl (C=O) groups excluding carboxylic acids is 1. The van der Waals surface area contributed by atoms with Crippen LogP contribution in [0.2, 0.25) is 0 Å². The van der Waals surface area contributed by atoms with Crippen molar-refractivity contribution in [3.8, 4) is 0 Å². The van der Waals surface area contributed by atoms with Crippen molar-refractivity contribution in [1.29, 1.82) is 0 Å². The van der Waals surface area contributed by atoms with Crippen LogP contribution in [0.3, 0.4) is 0 Å². The van der Waals surface area contributed by atoms with Gasteiger partial charge >= 0.3 is 0 Å². The quantitative estimate of drug-likeness (QED) is 0.898. The fraction of sp³-hybridized carbons (Fsp3) is 0.417. The first kappa shape index (κ1) is 14.1. The molecule has 3 N–H and O–H groups in total.